The van der Waals surface area contributed by atoms with Crippen LogP contribution >= 0.6 is 22.9 Å². The molecule has 2 aromatic heterocycles. The standard InChI is InChI=1S/C17H12ClN3O2S/c1-10(22)15-14(11-5-3-2-4-6-11)20-17(24-15)21-16(23)12-7-8-19-13(18)9-12/h2-9H,1H3,(H,20,21,23). The molecule has 0 aliphatic rings. The highest BCUT2D eigenvalue weighted by molar-refractivity contribution is 7.18. The Morgan fingerprint density at radius 3 is 2.58 bits per heavy atom. The molecule has 0 spiro atoms. The monoisotopic (exact) mass is 357 g/mol. The van der Waals surface area contributed by atoms with Gasteiger partial charge in [0.15, 0.2) is 10.9 Å². The van der Waals surface area contributed by atoms with Gasteiger partial charge in [-0.2, -0.15) is 0 Å². The minimum Gasteiger partial charge on any atom is -0.298 e. The molecule has 0 unspecified atom stereocenters. The number of ketones is 1. The van der Waals surface area contributed by atoms with E-state index in [1.54, 1.807) is 6.07 Å². The van der Waals surface area contributed by atoms with Gasteiger partial charge in [0, 0.05) is 24.2 Å². The van der Waals surface area contributed by atoms with E-state index in [-0.39, 0.29) is 16.8 Å². The van der Waals surface area contributed by atoms with E-state index in [9.17, 15) is 9.59 Å². The lowest BCUT2D eigenvalue weighted by Crippen LogP contribution is -2.11. The number of nitrogens with one attached hydrogen (secondary N) is 1. The molecule has 0 radical (unpaired) electrons. The fourth-order valence-corrected chi connectivity index (χ4v) is 3.17. The summed E-state index contributed by atoms with van der Waals surface area (Å²) in [7, 11) is 0. The molecule has 0 fully saturated rings. The van der Waals surface area contributed by atoms with Crippen molar-refractivity contribution in [1.82, 2.24) is 9.97 Å². The number of carbonyl (C=O) groups is 2. The zero-order valence-corrected chi connectivity index (χ0v) is 14.2. The molecule has 7 heteroatoms. The van der Waals surface area contributed by atoms with Gasteiger partial charge in [-0.05, 0) is 12.1 Å². The molecule has 2 heterocycles. The normalized spacial score (nSPS) is 10.4. The van der Waals surface area contributed by atoms with Crippen LogP contribution < -0.4 is 5.32 Å². The van der Waals surface area contributed by atoms with Crippen molar-refractivity contribution in [1.29, 1.82) is 0 Å². The average Bonchev–Trinajstić information content (AvgIpc) is 3.00. The first-order valence-electron chi connectivity index (χ1n) is 7.04. The van der Waals surface area contributed by atoms with Crippen molar-refractivity contribution in [3.8, 4) is 11.3 Å². The van der Waals surface area contributed by atoms with E-state index in [1.165, 1.54) is 19.2 Å². The summed E-state index contributed by atoms with van der Waals surface area (Å²) in [5, 5.41) is 3.29. The molecule has 5 nitrogen and oxygen atoms in total. The van der Waals surface area contributed by atoms with Gasteiger partial charge in [-0.25, -0.2) is 9.97 Å². The smallest absolute Gasteiger partial charge is 0.257 e. The first-order valence-corrected chi connectivity index (χ1v) is 8.24. The molecule has 3 rings (SSSR count). The van der Waals surface area contributed by atoms with E-state index in [4.69, 9.17) is 11.6 Å². The zero-order chi connectivity index (χ0) is 17.1. The van der Waals surface area contributed by atoms with Gasteiger partial charge in [-0.15, -0.1) is 0 Å². The lowest BCUT2D eigenvalue weighted by molar-refractivity contribution is 0.101. The number of rotatable bonds is 4. The van der Waals surface area contributed by atoms with Gasteiger partial charge in [0.25, 0.3) is 5.91 Å². The Bertz CT molecular complexity index is 909. The van der Waals surface area contributed by atoms with Crippen molar-refractivity contribution in [2.75, 3.05) is 5.32 Å². The SMILES string of the molecule is CC(=O)c1sc(NC(=O)c2ccnc(Cl)c2)nc1-c1ccccc1. The number of anilines is 1. The Labute approximate surface area is 147 Å². The summed E-state index contributed by atoms with van der Waals surface area (Å²) in [6.45, 7) is 1.48. The zero-order valence-electron chi connectivity index (χ0n) is 12.6. The Balaban J connectivity index is 1.92. The van der Waals surface area contributed by atoms with Crippen LogP contribution in [0.4, 0.5) is 5.13 Å². The number of carbonyl (C=O) groups excluding carboxylic acids is 2. The molecule has 0 saturated carbocycles. The van der Waals surface area contributed by atoms with Crippen molar-refractivity contribution < 1.29 is 9.59 Å². The summed E-state index contributed by atoms with van der Waals surface area (Å²) in [5.41, 5.74) is 1.76. The second kappa shape index (κ2) is 6.90. The highest BCUT2D eigenvalue weighted by Crippen LogP contribution is 2.31. The predicted octanol–water partition coefficient (Wildman–Crippen LogP) is 4.31. The second-order valence-electron chi connectivity index (χ2n) is 4.94. The number of hydrogen-bond donors (Lipinski definition) is 1. The van der Waals surface area contributed by atoms with Gasteiger partial charge in [0.2, 0.25) is 0 Å². The van der Waals surface area contributed by atoms with Gasteiger partial charge in [-0.3, -0.25) is 14.9 Å². The highest BCUT2D eigenvalue weighted by atomic mass is 35.5. The van der Waals surface area contributed by atoms with Gasteiger partial charge in [-0.1, -0.05) is 53.3 Å². The number of thiazole rings is 1. The van der Waals surface area contributed by atoms with Crippen LogP contribution in [0.3, 0.4) is 0 Å². The summed E-state index contributed by atoms with van der Waals surface area (Å²) in [6, 6.07) is 12.4. The van der Waals surface area contributed by atoms with Crippen molar-refractivity contribution in [2.45, 2.75) is 6.92 Å². The number of amides is 1. The third kappa shape index (κ3) is 3.50. The number of halogens is 1. The first-order chi connectivity index (χ1) is 11.5. The summed E-state index contributed by atoms with van der Waals surface area (Å²) in [4.78, 5) is 32.9. The molecule has 0 bridgehead atoms. The quantitative estimate of drug-likeness (QED) is 0.557. The molecule has 1 amide bonds. The van der Waals surface area contributed by atoms with Crippen LogP contribution in [0.25, 0.3) is 11.3 Å². The van der Waals surface area contributed by atoms with Crippen LogP contribution in [0.15, 0.2) is 48.7 Å². The summed E-state index contributed by atoms with van der Waals surface area (Å²) in [6.07, 6.45) is 1.45. The molecular weight excluding hydrogens is 346 g/mol. The summed E-state index contributed by atoms with van der Waals surface area (Å²) in [5.74, 6) is -0.457. The second-order valence-corrected chi connectivity index (χ2v) is 6.33. The number of benzene rings is 1. The summed E-state index contributed by atoms with van der Waals surface area (Å²) >= 11 is 6.94. The van der Waals surface area contributed by atoms with Crippen molar-refractivity contribution in [3.05, 3.63) is 64.3 Å². The van der Waals surface area contributed by atoms with Gasteiger partial charge >= 0.3 is 0 Å². The molecular formula is C17H12ClN3O2S. The van der Waals surface area contributed by atoms with Gasteiger partial charge in [0.1, 0.15) is 5.15 Å². The van der Waals surface area contributed by atoms with Gasteiger partial charge < -0.3 is 0 Å². The minimum atomic E-state index is -0.359. The Morgan fingerprint density at radius 2 is 1.92 bits per heavy atom. The lowest BCUT2D eigenvalue weighted by Gasteiger charge is -2.01. The number of hydrogen-bond acceptors (Lipinski definition) is 5. The van der Waals surface area contributed by atoms with E-state index in [0.29, 0.717) is 21.3 Å². The molecule has 24 heavy (non-hydrogen) atoms. The molecule has 120 valence electrons. The van der Waals surface area contributed by atoms with Crippen LogP contribution in [-0.4, -0.2) is 21.7 Å². The maximum atomic E-state index is 12.3. The van der Waals surface area contributed by atoms with Crippen molar-refractivity contribution >= 4 is 39.8 Å². The third-order valence-corrected chi connectivity index (χ3v) is 4.48. The fourth-order valence-electron chi connectivity index (χ4n) is 2.12. The predicted molar refractivity (Wildman–Crippen MR) is 94.8 cm³/mol. The number of nitrogens with zero attached hydrogens (tertiary/aromatic N) is 2. The van der Waals surface area contributed by atoms with Crippen molar-refractivity contribution in [2.24, 2.45) is 0 Å². The van der Waals surface area contributed by atoms with Crippen LogP contribution in [-0.2, 0) is 0 Å². The van der Waals surface area contributed by atoms with Crippen LogP contribution in [0.5, 0.6) is 0 Å². The summed E-state index contributed by atoms with van der Waals surface area (Å²) < 4.78 is 0. The maximum absolute atomic E-state index is 12.3. The van der Waals surface area contributed by atoms with Crippen LogP contribution in [0.2, 0.25) is 5.15 Å². The molecule has 1 aromatic carbocycles. The Morgan fingerprint density at radius 1 is 1.17 bits per heavy atom. The van der Waals surface area contributed by atoms with E-state index < -0.39 is 0 Å². The number of pyridine rings is 1. The largest absolute Gasteiger partial charge is 0.298 e. The highest BCUT2D eigenvalue weighted by Gasteiger charge is 2.18. The molecule has 0 aliphatic heterocycles. The van der Waals surface area contributed by atoms with Crippen LogP contribution in [0, 0.1) is 0 Å². The fraction of sp³-hybridized carbons (Fsp3) is 0.0588. The van der Waals surface area contributed by atoms with Crippen LogP contribution in [0.1, 0.15) is 27.0 Å². The maximum Gasteiger partial charge on any atom is 0.257 e. The average molecular weight is 358 g/mol. The molecule has 0 aliphatic carbocycles. The van der Waals surface area contributed by atoms with Crippen molar-refractivity contribution in [3.63, 3.8) is 0 Å². The molecule has 3 aromatic rings. The van der Waals surface area contributed by atoms with E-state index in [0.717, 1.165) is 16.9 Å². The molecule has 0 saturated heterocycles. The lowest BCUT2D eigenvalue weighted by atomic mass is 10.1. The number of Topliss-reactive ketones (excluding diaryl/α,β-unsaturated/α-hetero) is 1. The number of aromatic nitrogens is 2. The Kier molecular flexibility index (Phi) is 4.69. The topological polar surface area (TPSA) is 72.0 Å². The molecule has 1 N–H and O–H groups in total. The third-order valence-electron chi connectivity index (χ3n) is 3.20. The van der Waals surface area contributed by atoms with E-state index >= 15 is 0 Å². The van der Waals surface area contributed by atoms with Gasteiger partial charge in [0.05, 0.1) is 10.6 Å². The Hall–Kier alpha value is -2.57. The molecule has 0 atom stereocenters. The van der Waals surface area contributed by atoms with E-state index in [2.05, 4.69) is 15.3 Å². The first kappa shape index (κ1) is 16.3. The minimum absolute atomic E-state index is 0.0983. The van der Waals surface area contributed by atoms with E-state index in [1.807, 2.05) is 30.3 Å².